The Balaban J connectivity index is 0.000000146. The van der Waals surface area contributed by atoms with E-state index < -0.39 is 0 Å². The first-order valence-electron chi connectivity index (χ1n) is 19.4. The molecule has 0 bridgehead atoms. The molecule has 0 atom stereocenters. The standard InChI is InChI=1S/2C22H22FN5/c1-13-7-15(8-17-12-28(2)27-21(13)17)18-9-16-11-25-22(14-3-5-24-6-4-14)26-20(16)10-19(18)23;1-13-9-15(10-16-12-28(2)27-21(13)16)17-3-4-19-18(20(17)23)11-25-22(26-19)14-5-7-24-8-6-14/h7-12,14,24H,3-6H2,1-2H3;3-4,9-12,14,24H,5-8H2,1-2H3. The Kier molecular flexibility index (Phi) is 9.46. The van der Waals surface area contributed by atoms with Crippen molar-refractivity contribution in [1.29, 1.82) is 0 Å². The number of aryl methyl sites for hydroxylation is 4. The quantitative estimate of drug-likeness (QED) is 0.185. The summed E-state index contributed by atoms with van der Waals surface area (Å²) >= 11 is 0. The SMILES string of the molecule is Cc1cc(-c2cc3cnc(C4CCNCC4)nc3cc2F)cc2cn(C)nc12.Cc1cc(-c2ccc3nc(C4CCNCC4)ncc3c2F)cc2cn(C)nc12. The van der Waals surface area contributed by atoms with Crippen LogP contribution in [0.1, 0.15) is 60.3 Å². The molecule has 12 heteroatoms. The minimum Gasteiger partial charge on any atom is -0.317 e. The molecule has 0 aliphatic carbocycles. The molecule has 0 saturated carbocycles. The fourth-order valence-corrected chi connectivity index (χ4v) is 8.32. The largest absolute Gasteiger partial charge is 0.317 e. The van der Waals surface area contributed by atoms with Gasteiger partial charge in [0.25, 0.3) is 0 Å². The van der Waals surface area contributed by atoms with Crippen LogP contribution in [0.3, 0.4) is 0 Å². The molecule has 2 saturated heterocycles. The average molecular weight is 751 g/mol. The summed E-state index contributed by atoms with van der Waals surface area (Å²) in [6.45, 7) is 7.94. The van der Waals surface area contributed by atoms with Gasteiger partial charge in [-0.1, -0.05) is 0 Å². The van der Waals surface area contributed by atoms with Gasteiger partial charge in [0.05, 0.1) is 27.5 Å². The number of benzene rings is 4. The van der Waals surface area contributed by atoms with Gasteiger partial charge < -0.3 is 10.6 Å². The number of halogens is 2. The lowest BCUT2D eigenvalue weighted by Gasteiger charge is -2.21. The highest BCUT2D eigenvalue weighted by atomic mass is 19.1. The topological polar surface area (TPSA) is 111 Å². The van der Waals surface area contributed by atoms with E-state index in [1.165, 1.54) is 0 Å². The van der Waals surface area contributed by atoms with Crippen molar-refractivity contribution in [2.75, 3.05) is 26.2 Å². The molecule has 4 aromatic carbocycles. The third-order valence-electron chi connectivity index (χ3n) is 11.3. The lowest BCUT2D eigenvalue weighted by Crippen LogP contribution is -2.27. The molecule has 284 valence electrons. The van der Waals surface area contributed by atoms with Crippen molar-refractivity contribution in [3.05, 3.63) is 108 Å². The molecule has 10 rings (SSSR count). The van der Waals surface area contributed by atoms with Gasteiger partial charge in [-0.25, -0.2) is 28.7 Å². The number of nitrogens with one attached hydrogen (secondary N) is 2. The van der Waals surface area contributed by atoms with E-state index in [0.29, 0.717) is 39.4 Å². The number of fused-ring (bicyclic) bond motifs is 4. The van der Waals surface area contributed by atoms with E-state index in [-0.39, 0.29) is 11.6 Å². The molecule has 6 heterocycles. The van der Waals surface area contributed by atoms with Gasteiger partial charge in [-0.05, 0) is 130 Å². The summed E-state index contributed by atoms with van der Waals surface area (Å²) in [5, 5.41) is 19.0. The second kappa shape index (κ2) is 14.7. The van der Waals surface area contributed by atoms with Crippen LogP contribution in [0.25, 0.3) is 65.9 Å². The van der Waals surface area contributed by atoms with Crippen LogP contribution in [0, 0.1) is 25.5 Å². The number of rotatable bonds is 4. The summed E-state index contributed by atoms with van der Waals surface area (Å²) in [7, 11) is 3.79. The molecule has 0 spiro atoms. The molecule has 56 heavy (non-hydrogen) atoms. The Morgan fingerprint density at radius 1 is 0.607 bits per heavy atom. The smallest absolute Gasteiger partial charge is 0.141 e. The van der Waals surface area contributed by atoms with Crippen molar-refractivity contribution in [3.8, 4) is 22.3 Å². The first-order valence-corrected chi connectivity index (χ1v) is 19.4. The first kappa shape index (κ1) is 35.9. The van der Waals surface area contributed by atoms with Gasteiger partial charge in [-0.2, -0.15) is 10.2 Å². The maximum absolute atomic E-state index is 15.4. The van der Waals surface area contributed by atoms with Crippen LogP contribution >= 0.6 is 0 Å². The second-order valence-corrected chi connectivity index (χ2v) is 15.3. The molecule has 0 amide bonds. The van der Waals surface area contributed by atoms with Crippen LogP contribution in [0.5, 0.6) is 0 Å². The maximum Gasteiger partial charge on any atom is 0.141 e. The Hall–Kier alpha value is -5.72. The molecule has 4 aromatic heterocycles. The summed E-state index contributed by atoms with van der Waals surface area (Å²) in [6, 6.07) is 15.1. The summed E-state index contributed by atoms with van der Waals surface area (Å²) in [6.07, 6.45) is 11.5. The molecule has 8 aromatic rings. The molecule has 2 aliphatic heterocycles. The van der Waals surface area contributed by atoms with E-state index in [4.69, 9.17) is 0 Å². The van der Waals surface area contributed by atoms with Crippen LogP contribution in [0.2, 0.25) is 0 Å². The minimum absolute atomic E-state index is 0.259. The van der Waals surface area contributed by atoms with Gasteiger partial charge in [0.15, 0.2) is 0 Å². The highest BCUT2D eigenvalue weighted by molar-refractivity contribution is 5.92. The molecule has 0 radical (unpaired) electrons. The first-order chi connectivity index (χ1) is 27.2. The molecule has 0 unspecified atom stereocenters. The van der Waals surface area contributed by atoms with E-state index >= 15 is 8.78 Å². The van der Waals surface area contributed by atoms with Gasteiger partial charge in [0, 0.05) is 84.1 Å². The zero-order valence-electron chi connectivity index (χ0n) is 32.1. The fourth-order valence-electron chi connectivity index (χ4n) is 8.32. The van der Waals surface area contributed by atoms with Crippen LogP contribution in [-0.4, -0.2) is 65.7 Å². The molecule has 10 nitrogen and oxygen atoms in total. The monoisotopic (exact) mass is 750 g/mol. The summed E-state index contributed by atoms with van der Waals surface area (Å²) in [5.74, 6) is 1.83. The lowest BCUT2D eigenvalue weighted by molar-refractivity contribution is 0.446. The molecule has 2 N–H and O–H groups in total. The molecular formula is C44H44F2N10. The third-order valence-corrected chi connectivity index (χ3v) is 11.3. The zero-order chi connectivity index (χ0) is 38.5. The zero-order valence-corrected chi connectivity index (χ0v) is 32.1. The summed E-state index contributed by atoms with van der Waals surface area (Å²) in [4.78, 5) is 18.4. The summed E-state index contributed by atoms with van der Waals surface area (Å²) < 4.78 is 34.0. The van der Waals surface area contributed by atoms with Gasteiger partial charge in [-0.15, -0.1) is 0 Å². The van der Waals surface area contributed by atoms with Crippen molar-refractivity contribution in [2.45, 2.75) is 51.4 Å². The Morgan fingerprint density at radius 2 is 1.14 bits per heavy atom. The fraction of sp³-hybridized carbons (Fsp3) is 0.318. The third kappa shape index (κ3) is 6.88. The van der Waals surface area contributed by atoms with E-state index in [1.807, 2.05) is 89.0 Å². The highest BCUT2D eigenvalue weighted by Crippen LogP contribution is 2.34. The van der Waals surface area contributed by atoms with E-state index in [2.05, 4.69) is 40.8 Å². The minimum atomic E-state index is -0.267. The molecule has 2 aliphatic rings. The Labute approximate surface area is 323 Å². The van der Waals surface area contributed by atoms with Gasteiger partial charge in [0.1, 0.15) is 23.3 Å². The van der Waals surface area contributed by atoms with Crippen molar-refractivity contribution in [2.24, 2.45) is 14.1 Å². The van der Waals surface area contributed by atoms with Crippen molar-refractivity contribution in [3.63, 3.8) is 0 Å². The number of hydrogen-bond donors (Lipinski definition) is 2. The second-order valence-electron chi connectivity index (χ2n) is 15.3. The predicted molar refractivity (Wildman–Crippen MR) is 218 cm³/mol. The normalized spacial score (nSPS) is 15.5. The number of piperidine rings is 2. The van der Waals surface area contributed by atoms with Gasteiger partial charge in [0.2, 0.25) is 0 Å². The Morgan fingerprint density at radius 3 is 1.73 bits per heavy atom. The number of aromatic nitrogens is 8. The average Bonchev–Trinajstić information content (AvgIpc) is 3.80. The Bertz CT molecular complexity index is 2650. The maximum atomic E-state index is 15.4. The lowest BCUT2D eigenvalue weighted by atomic mass is 9.96. The van der Waals surface area contributed by atoms with Crippen LogP contribution in [-0.2, 0) is 14.1 Å². The highest BCUT2D eigenvalue weighted by Gasteiger charge is 2.21. The van der Waals surface area contributed by atoms with Gasteiger partial charge in [-0.3, -0.25) is 9.36 Å². The summed E-state index contributed by atoms with van der Waals surface area (Å²) in [5.41, 5.74) is 8.13. The van der Waals surface area contributed by atoms with Crippen molar-refractivity contribution < 1.29 is 8.78 Å². The molecular weight excluding hydrogens is 707 g/mol. The van der Waals surface area contributed by atoms with Crippen LogP contribution < -0.4 is 10.6 Å². The molecule has 2 fully saturated rings. The van der Waals surface area contributed by atoms with Crippen molar-refractivity contribution in [1.82, 2.24) is 50.1 Å². The van der Waals surface area contributed by atoms with Crippen LogP contribution in [0.4, 0.5) is 8.78 Å². The van der Waals surface area contributed by atoms with E-state index in [1.54, 1.807) is 21.6 Å². The number of nitrogens with zero attached hydrogens (tertiary/aromatic N) is 8. The van der Waals surface area contributed by atoms with Gasteiger partial charge >= 0.3 is 0 Å². The van der Waals surface area contributed by atoms with Crippen molar-refractivity contribution >= 4 is 43.6 Å². The van der Waals surface area contributed by atoms with Crippen LogP contribution in [0.15, 0.2) is 73.3 Å². The predicted octanol–water partition coefficient (Wildman–Crippen LogP) is 8.20. The van der Waals surface area contributed by atoms with E-state index in [0.717, 1.165) is 113 Å². The van der Waals surface area contributed by atoms with E-state index in [9.17, 15) is 0 Å². The number of hydrogen-bond acceptors (Lipinski definition) is 8.